The first kappa shape index (κ1) is 18.7. The number of amides is 2. The van der Waals surface area contributed by atoms with Crippen molar-refractivity contribution in [3.63, 3.8) is 0 Å². The minimum Gasteiger partial charge on any atom is -0.454 e. The highest BCUT2D eigenvalue weighted by Gasteiger charge is 2.67. The molecule has 156 valence electrons. The molecule has 1 aromatic carbocycles. The predicted octanol–water partition coefficient (Wildman–Crippen LogP) is 3.35. The van der Waals surface area contributed by atoms with E-state index in [1.807, 2.05) is 0 Å². The summed E-state index contributed by atoms with van der Waals surface area (Å²) < 4.78 is 5.16. The van der Waals surface area contributed by atoms with Crippen molar-refractivity contribution in [2.45, 2.75) is 6.42 Å². The van der Waals surface area contributed by atoms with Gasteiger partial charge in [0.2, 0.25) is 17.6 Å². The number of benzene rings is 1. The number of carbonyl (C=O) groups is 4. The lowest BCUT2D eigenvalue weighted by Crippen LogP contribution is -2.40. The molecule has 2 bridgehead atoms. The Bertz CT molecular complexity index is 1120. The van der Waals surface area contributed by atoms with Crippen LogP contribution < -0.4 is 4.90 Å². The van der Waals surface area contributed by atoms with E-state index in [2.05, 4.69) is 12.2 Å². The molecule has 2 aromatic rings. The second-order valence-electron chi connectivity index (χ2n) is 8.69. The van der Waals surface area contributed by atoms with Gasteiger partial charge in [0.25, 0.3) is 0 Å². The third kappa shape index (κ3) is 2.76. The smallest absolute Gasteiger partial charge is 0.338 e. The molecule has 3 fully saturated rings. The molecule has 2 saturated carbocycles. The Hall–Kier alpha value is -3.06. The van der Waals surface area contributed by atoms with Crippen LogP contribution in [0.1, 0.15) is 26.5 Å². The van der Waals surface area contributed by atoms with Crippen molar-refractivity contribution in [1.29, 1.82) is 0 Å². The van der Waals surface area contributed by atoms with Crippen LogP contribution in [-0.2, 0) is 14.3 Å². The lowest BCUT2D eigenvalue weighted by atomic mass is 9.63. The summed E-state index contributed by atoms with van der Waals surface area (Å²) in [7, 11) is 0. The largest absolute Gasteiger partial charge is 0.454 e. The first-order valence-electron chi connectivity index (χ1n) is 10.4. The van der Waals surface area contributed by atoms with Gasteiger partial charge < -0.3 is 4.74 Å². The van der Waals surface area contributed by atoms with Gasteiger partial charge in [0, 0.05) is 0 Å². The van der Waals surface area contributed by atoms with Crippen LogP contribution in [-0.4, -0.2) is 30.2 Å². The van der Waals surface area contributed by atoms with E-state index < -0.39 is 5.97 Å². The molecule has 6 nitrogen and oxygen atoms in total. The third-order valence-electron chi connectivity index (χ3n) is 7.13. The molecule has 0 radical (unpaired) electrons. The summed E-state index contributed by atoms with van der Waals surface area (Å²) in [5, 5.41) is 1.78. The minimum absolute atomic E-state index is 0.151. The molecule has 2 amide bonds. The van der Waals surface area contributed by atoms with E-state index >= 15 is 0 Å². The Morgan fingerprint density at radius 1 is 1.00 bits per heavy atom. The average molecular weight is 433 g/mol. The molecule has 0 spiro atoms. The Morgan fingerprint density at radius 3 is 2.35 bits per heavy atom. The molecule has 7 rings (SSSR count). The summed E-state index contributed by atoms with van der Waals surface area (Å²) in [5.41, 5.74) is 0.590. The van der Waals surface area contributed by atoms with Crippen LogP contribution in [0.4, 0.5) is 5.69 Å². The Balaban J connectivity index is 1.21. The van der Waals surface area contributed by atoms with Crippen LogP contribution in [0.15, 0.2) is 53.9 Å². The molecule has 31 heavy (non-hydrogen) atoms. The summed E-state index contributed by atoms with van der Waals surface area (Å²) >= 11 is 1.29. The lowest BCUT2D eigenvalue weighted by Gasteiger charge is -2.37. The normalized spacial score (nSPS) is 32.1. The van der Waals surface area contributed by atoms with Crippen molar-refractivity contribution in [3.05, 3.63) is 64.4 Å². The maximum Gasteiger partial charge on any atom is 0.338 e. The van der Waals surface area contributed by atoms with Gasteiger partial charge in [0.1, 0.15) is 0 Å². The number of anilines is 1. The van der Waals surface area contributed by atoms with Gasteiger partial charge in [-0.3, -0.25) is 14.4 Å². The molecule has 0 N–H and O–H groups in total. The highest BCUT2D eigenvalue weighted by molar-refractivity contribution is 7.12. The Morgan fingerprint density at radius 2 is 1.71 bits per heavy atom. The topological polar surface area (TPSA) is 80.8 Å². The molecule has 0 unspecified atom stereocenters. The van der Waals surface area contributed by atoms with E-state index in [9.17, 15) is 19.2 Å². The van der Waals surface area contributed by atoms with Crippen LogP contribution >= 0.6 is 11.3 Å². The first-order valence-corrected chi connectivity index (χ1v) is 11.3. The van der Waals surface area contributed by atoms with E-state index in [4.69, 9.17) is 4.74 Å². The molecule has 6 atom stereocenters. The van der Waals surface area contributed by atoms with Gasteiger partial charge in [-0.25, -0.2) is 9.69 Å². The number of ether oxygens (including phenoxy) is 1. The maximum atomic E-state index is 13.2. The molecule has 1 aliphatic heterocycles. The van der Waals surface area contributed by atoms with Crippen LogP contribution in [0.5, 0.6) is 0 Å². The number of imide groups is 1. The third-order valence-corrected chi connectivity index (χ3v) is 8.04. The fourth-order valence-electron chi connectivity index (χ4n) is 5.71. The van der Waals surface area contributed by atoms with Crippen LogP contribution in [0.3, 0.4) is 0 Å². The predicted molar refractivity (Wildman–Crippen MR) is 113 cm³/mol. The number of thiophene rings is 1. The molecular formula is C24H19NO5S. The van der Waals surface area contributed by atoms with Crippen molar-refractivity contribution in [2.24, 2.45) is 35.5 Å². The van der Waals surface area contributed by atoms with Gasteiger partial charge in [-0.2, -0.15) is 0 Å². The van der Waals surface area contributed by atoms with Gasteiger partial charge in [-0.1, -0.05) is 24.3 Å². The van der Waals surface area contributed by atoms with E-state index in [-0.39, 0.29) is 53.4 Å². The number of hydrogen-bond donors (Lipinski definition) is 0. The van der Waals surface area contributed by atoms with E-state index in [0.717, 1.165) is 6.42 Å². The SMILES string of the molecule is O=C(OCC(=O)c1cccs1)c1cccc(N2C(=O)[C@@H]3[C@H]4C=C[C@@H]([C@@H]5C[C@H]45)[C@H]3C2=O)c1. The maximum absolute atomic E-state index is 13.2. The van der Waals surface area contributed by atoms with E-state index in [1.54, 1.807) is 35.7 Å². The zero-order valence-corrected chi connectivity index (χ0v) is 17.3. The van der Waals surface area contributed by atoms with Crippen molar-refractivity contribution in [1.82, 2.24) is 0 Å². The summed E-state index contributed by atoms with van der Waals surface area (Å²) in [6, 6.07) is 9.78. The fourth-order valence-corrected chi connectivity index (χ4v) is 6.36. The number of Topliss-reactive ketones (excluding diaryl/α,β-unsaturated/α-hetero) is 1. The van der Waals surface area contributed by atoms with Crippen LogP contribution in [0.25, 0.3) is 0 Å². The number of esters is 1. The van der Waals surface area contributed by atoms with Crippen LogP contribution in [0, 0.1) is 35.5 Å². The monoisotopic (exact) mass is 433 g/mol. The highest BCUT2D eigenvalue weighted by atomic mass is 32.1. The average Bonchev–Trinajstić information content (AvgIpc) is 3.35. The van der Waals surface area contributed by atoms with Crippen LogP contribution in [0.2, 0.25) is 0 Å². The number of ketones is 1. The van der Waals surface area contributed by atoms with Crippen molar-refractivity contribution in [3.8, 4) is 0 Å². The summed E-state index contributed by atoms with van der Waals surface area (Å²) in [6.07, 6.45) is 5.38. The minimum atomic E-state index is -0.661. The molecule has 5 aliphatic rings. The Labute approximate surface area is 182 Å². The number of rotatable bonds is 5. The zero-order chi connectivity index (χ0) is 21.3. The molecule has 1 saturated heterocycles. The van der Waals surface area contributed by atoms with Gasteiger partial charge >= 0.3 is 5.97 Å². The standard InChI is InChI=1S/C24H19NO5S/c26-18(19-5-2-8-31-19)11-30-24(29)12-3-1-4-13(9-12)25-22(27)20-14-6-7-15(17-10-16(14)17)21(20)23(25)28/h1-9,14-17,20-21H,10-11H2/t14-,15-,16-,17+,20+,21+/m0/s1. The molecule has 7 heteroatoms. The fraction of sp³-hybridized carbons (Fsp3) is 0.333. The van der Waals surface area contributed by atoms with Crippen molar-refractivity contribution < 1.29 is 23.9 Å². The van der Waals surface area contributed by atoms with Crippen molar-refractivity contribution in [2.75, 3.05) is 11.5 Å². The van der Waals surface area contributed by atoms with E-state index in [0.29, 0.717) is 22.4 Å². The van der Waals surface area contributed by atoms with Gasteiger partial charge in [0.15, 0.2) is 6.61 Å². The van der Waals surface area contributed by atoms with E-state index in [1.165, 1.54) is 22.3 Å². The second kappa shape index (κ2) is 6.72. The number of hydrogen-bond acceptors (Lipinski definition) is 6. The molecule has 4 aliphatic carbocycles. The Kier molecular flexibility index (Phi) is 4.05. The quantitative estimate of drug-likeness (QED) is 0.313. The summed E-state index contributed by atoms with van der Waals surface area (Å²) in [4.78, 5) is 52.8. The summed E-state index contributed by atoms with van der Waals surface area (Å²) in [5.74, 6) is -0.464. The van der Waals surface area contributed by atoms with Crippen molar-refractivity contribution >= 4 is 40.6 Å². The molecule has 2 heterocycles. The molecule has 1 aromatic heterocycles. The molecular weight excluding hydrogens is 414 g/mol. The highest BCUT2D eigenvalue weighted by Crippen LogP contribution is 2.65. The lowest BCUT2D eigenvalue weighted by molar-refractivity contribution is -0.124. The first-order chi connectivity index (χ1) is 15.0. The van der Waals surface area contributed by atoms with Gasteiger partial charge in [-0.15, -0.1) is 11.3 Å². The number of allylic oxidation sites excluding steroid dienone is 2. The van der Waals surface area contributed by atoms with Gasteiger partial charge in [-0.05, 0) is 59.7 Å². The number of carbonyl (C=O) groups excluding carboxylic acids is 4. The van der Waals surface area contributed by atoms with Gasteiger partial charge in [0.05, 0.1) is 28.0 Å². The number of nitrogens with zero attached hydrogens (tertiary/aromatic N) is 1. The summed E-state index contributed by atoms with van der Waals surface area (Å²) in [6.45, 7) is -0.354. The zero-order valence-electron chi connectivity index (χ0n) is 16.5. The second-order valence-corrected chi connectivity index (χ2v) is 9.64.